The summed E-state index contributed by atoms with van der Waals surface area (Å²) in [5.74, 6) is -0.293. The minimum Gasteiger partial charge on any atom is -0.319 e. The van der Waals surface area contributed by atoms with Crippen molar-refractivity contribution in [3.05, 3.63) is 47.5 Å². The van der Waals surface area contributed by atoms with Crippen LogP contribution in [0.4, 0.5) is 4.39 Å². The van der Waals surface area contributed by atoms with Gasteiger partial charge in [-0.05, 0) is 17.7 Å². The van der Waals surface area contributed by atoms with Crippen LogP contribution in [0.15, 0.2) is 30.5 Å². The summed E-state index contributed by atoms with van der Waals surface area (Å²) >= 11 is 0. The molecule has 5 heteroatoms. The van der Waals surface area contributed by atoms with Crippen LogP contribution in [-0.2, 0) is 7.05 Å². The van der Waals surface area contributed by atoms with Crippen molar-refractivity contribution in [2.75, 3.05) is 0 Å². The molecule has 1 heterocycles. The lowest BCUT2D eigenvalue weighted by atomic mass is 10.1. The second kappa shape index (κ2) is 3.78. The smallest absolute Gasteiger partial charge is 0.123 e. The molecule has 4 nitrogen and oxygen atoms in total. The van der Waals surface area contributed by atoms with Crippen LogP contribution in [-0.4, -0.2) is 15.0 Å². The van der Waals surface area contributed by atoms with Crippen LogP contribution in [0.25, 0.3) is 0 Å². The zero-order valence-electron chi connectivity index (χ0n) is 8.26. The van der Waals surface area contributed by atoms with E-state index < -0.39 is 6.04 Å². The van der Waals surface area contributed by atoms with Gasteiger partial charge in [0.15, 0.2) is 0 Å². The molecule has 0 amide bonds. The number of hydrogen-bond donors (Lipinski definition) is 1. The number of aryl methyl sites for hydroxylation is 1. The van der Waals surface area contributed by atoms with E-state index in [9.17, 15) is 4.39 Å². The van der Waals surface area contributed by atoms with Gasteiger partial charge < -0.3 is 5.73 Å². The van der Waals surface area contributed by atoms with Crippen molar-refractivity contribution in [3.63, 3.8) is 0 Å². The van der Waals surface area contributed by atoms with E-state index >= 15 is 0 Å². The number of halogens is 1. The van der Waals surface area contributed by atoms with Gasteiger partial charge in [-0.2, -0.15) is 0 Å². The van der Waals surface area contributed by atoms with Crippen LogP contribution in [0.2, 0.25) is 0 Å². The van der Waals surface area contributed by atoms with Gasteiger partial charge in [0, 0.05) is 7.05 Å². The number of benzene rings is 1. The monoisotopic (exact) mass is 206 g/mol. The summed E-state index contributed by atoms with van der Waals surface area (Å²) < 4.78 is 14.6. The largest absolute Gasteiger partial charge is 0.319 e. The van der Waals surface area contributed by atoms with E-state index in [0.29, 0.717) is 5.56 Å². The topological polar surface area (TPSA) is 56.7 Å². The van der Waals surface area contributed by atoms with Gasteiger partial charge in [0.1, 0.15) is 5.82 Å². The summed E-state index contributed by atoms with van der Waals surface area (Å²) in [5, 5.41) is 7.51. The highest BCUT2D eigenvalue weighted by atomic mass is 19.1. The quantitative estimate of drug-likeness (QED) is 0.797. The van der Waals surface area contributed by atoms with Crippen molar-refractivity contribution in [2.24, 2.45) is 12.8 Å². The molecule has 0 aliphatic carbocycles. The van der Waals surface area contributed by atoms with Gasteiger partial charge in [-0.15, -0.1) is 5.10 Å². The molecule has 15 heavy (non-hydrogen) atoms. The first kappa shape index (κ1) is 9.79. The van der Waals surface area contributed by atoms with Gasteiger partial charge >= 0.3 is 0 Å². The van der Waals surface area contributed by atoms with E-state index in [1.807, 2.05) is 0 Å². The summed E-state index contributed by atoms with van der Waals surface area (Å²) in [6.45, 7) is 0. The lowest BCUT2D eigenvalue weighted by molar-refractivity contribution is 0.617. The predicted molar refractivity (Wildman–Crippen MR) is 53.4 cm³/mol. The predicted octanol–water partition coefficient (Wildman–Crippen LogP) is 1.00. The Hall–Kier alpha value is -1.75. The van der Waals surface area contributed by atoms with Crippen LogP contribution in [0.5, 0.6) is 0 Å². The Morgan fingerprint density at radius 3 is 2.87 bits per heavy atom. The summed E-state index contributed by atoms with van der Waals surface area (Å²) in [7, 11) is 1.75. The first-order valence-corrected chi connectivity index (χ1v) is 4.54. The maximum atomic E-state index is 13.0. The van der Waals surface area contributed by atoms with Crippen molar-refractivity contribution in [1.29, 1.82) is 0 Å². The van der Waals surface area contributed by atoms with Crippen LogP contribution >= 0.6 is 0 Å². The molecule has 1 atom stereocenters. The molecule has 0 fully saturated rings. The molecule has 1 unspecified atom stereocenters. The number of rotatable bonds is 2. The van der Waals surface area contributed by atoms with Crippen LogP contribution < -0.4 is 5.73 Å². The first-order valence-electron chi connectivity index (χ1n) is 4.54. The highest BCUT2D eigenvalue weighted by molar-refractivity contribution is 5.26. The molecule has 0 spiro atoms. The fourth-order valence-electron chi connectivity index (χ4n) is 1.45. The minimum atomic E-state index is -0.402. The Kier molecular flexibility index (Phi) is 2.47. The minimum absolute atomic E-state index is 0.293. The molecule has 1 aromatic carbocycles. The molecule has 0 saturated carbocycles. The molecular formula is C10H11FN4. The van der Waals surface area contributed by atoms with Gasteiger partial charge in [-0.3, -0.25) is 4.68 Å². The molecule has 2 aromatic rings. The van der Waals surface area contributed by atoms with Crippen molar-refractivity contribution < 1.29 is 4.39 Å². The Morgan fingerprint density at radius 2 is 2.27 bits per heavy atom. The second-order valence-electron chi connectivity index (χ2n) is 3.32. The summed E-state index contributed by atoms with van der Waals surface area (Å²) in [5.41, 5.74) is 7.42. The molecule has 0 aliphatic rings. The lowest BCUT2D eigenvalue weighted by Crippen LogP contribution is -2.15. The molecule has 2 rings (SSSR count). The molecule has 2 N–H and O–H groups in total. The summed E-state index contributed by atoms with van der Waals surface area (Å²) in [6, 6.07) is 5.81. The molecule has 0 aliphatic heterocycles. The number of hydrogen-bond acceptors (Lipinski definition) is 3. The van der Waals surface area contributed by atoms with Crippen molar-refractivity contribution >= 4 is 0 Å². The van der Waals surface area contributed by atoms with Gasteiger partial charge in [0.05, 0.1) is 17.9 Å². The van der Waals surface area contributed by atoms with E-state index in [-0.39, 0.29) is 5.82 Å². The molecular weight excluding hydrogens is 195 g/mol. The Balaban J connectivity index is 2.36. The molecule has 78 valence electrons. The zero-order chi connectivity index (χ0) is 10.8. The number of aromatic nitrogens is 3. The van der Waals surface area contributed by atoms with Gasteiger partial charge in [0.2, 0.25) is 0 Å². The maximum Gasteiger partial charge on any atom is 0.123 e. The Labute approximate surface area is 86.5 Å². The van der Waals surface area contributed by atoms with Gasteiger partial charge in [-0.1, -0.05) is 17.3 Å². The van der Waals surface area contributed by atoms with Crippen molar-refractivity contribution in [2.45, 2.75) is 6.04 Å². The summed E-state index contributed by atoms with van der Waals surface area (Å²) in [6.07, 6.45) is 1.58. The standard InChI is InChI=1S/C10H11FN4/c1-15-9(6-13-14-15)10(12)7-3-2-4-8(11)5-7/h2-6,10H,12H2,1H3. The third-order valence-corrected chi connectivity index (χ3v) is 2.28. The highest BCUT2D eigenvalue weighted by Gasteiger charge is 2.13. The van der Waals surface area contributed by atoms with Gasteiger partial charge in [-0.25, -0.2) is 4.39 Å². The summed E-state index contributed by atoms with van der Waals surface area (Å²) in [4.78, 5) is 0. The SMILES string of the molecule is Cn1nncc1C(N)c1cccc(F)c1. The highest BCUT2D eigenvalue weighted by Crippen LogP contribution is 2.18. The fraction of sp³-hybridized carbons (Fsp3) is 0.200. The molecule has 1 aromatic heterocycles. The molecule has 0 bridgehead atoms. The van der Waals surface area contributed by atoms with Crippen LogP contribution in [0.3, 0.4) is 0 Å². The average molecular weight is 206 g/mol. The van der Waals surface area contributed by atoms with E-state index in [0.717, 1.165) is 5.69 Å². The maximum absolute atomic E-state index is 13.0. The first-order chi connectivity index (χ1) is 7.18. The van der Waals surface area contributed by atoms with E-state index in [2.05, 4.69) is 10.3 Å². The normalized spacial score (nSPS) is 12.7. The van der Waals surface area contributed by atoms with E-state index in [4.69, 9.17) is 5.73 Å². The van der Waals surface area contributed by atoms with Crippen LogP contribution in [0.1, 0.15) is 17.3 Å². The fourth-order valence-corrected chi connectivity index (χ4v) is 1.45. The molecule has 0 saturated heterocycles. The van der Waals surface area contributed by atoms with E-state index in [1.54, 1.807) is 30.1 Å². The third kappa shape index (κ3) is 1.87. The Morgan fingerprint density at radius 1 is 1.47 bits per heavy atom. The molecule has 0 radical (unpaired) electrons. The number of nitrogens with two attached hydrogens (primary N) is 1. The lowest BCUT2D eigenvalue weighted by Gasteiger charge is -2.11. The van der Waals surface area contributed by atoms with E-state index in [1.165, 1.54) is 12.1 Å². The van der Waals surface area contributed by atoms with Crippen molar-refractivity contribution in [1.82, 2.24) is 15.0 Å². The zero-order valence-corrected chi connectivity index (χ0v) is 8.26. The van der Waals surface area contributed by atoms with Crippen LogP contribution in [0, 0.1) is 5.82 Å². The Bertz CT molecular complexity index is 466. The van der Waals surface area contributed by atoms with Gasteiger partial charge in [0.25, 0.3) is 0 Å². The average Bonchev–Trinajstić information content (AvgIpc) is 2.63. The van der Waals surface area contributed by atoms with Crippen molar-refractivity contribution in [3.8, 4) is 0 Å². The second-order valence-corrected chi connectivity index (χ2v) is 3.32. The third-order valence-electron chi connectivity index (χ3n) is 2.28. The number of nitrogens with zero attached hydrogens (tertiary/aromatic N) is 3.